The first kappa shape index (κ1) is 19.7. The van der Waals surface area contributed by atoms with E-state index in [9.17, 15) is 9.50 Å². The summed E-state index contributed by atoms with van der Waals surface area (Å²) in [4.78, 5) is 9.22. The lowest BCUT2D eigenvalue weighted by molar-refractivity contribution is 0.0487. The van der Waals surface area contributed by atoms with Gasteiger partial charge in [-0.1, -0.05) is 12.1 Å². The molecule has 6 heteroatoms. The molecule has 1 fully saturated rings. The summed E-state index contributed by atoms with van der Waals surface area (Å²) in [6, 6.07) is 11.3. The van der Waals surface area contributed by atoms with Crippen molar-refractivity contribution in [3.63, 3.8) is 0 Å². The van der Waals surface area contributed by atoms with Crippen LogP contribution in [0.1, 0.15) is 23.4 Å². The zero-order valence-electron chi connectivity index (χ0n) is 16.1. The second-order valence-corrected chi connectivity index (χ2v) is 7.10. The van der Waals surface area contributed by atoms with Gasteiger partial charge in [-0.05, 0) is 31.5 Å². The minimum absolute atomic E-state index is 0.128. The maximum atomic E-state index is 14.3. The molecule has 0 aliphatic carbocycles. The average molecular weight is 373 g/mol. The lowest BCUT2D eigenvalue weighted by atomic mass is 10.1. The van der Waals surface area contributed by atoms with Gasteiger partial charge in [0.2, 0.25) is 0 Å². The number of rotatable bonds is 7. The highest BCUT2D eigenvalue weighted by atomic mass is 19.1. The number of aryl methyl sites for hydroxylation is 1. The molecule has 2 aromatic rings. The number of methoxy groups -OCH3 is 1. The van der Waals surface area contributed by atoms with E-state index in [0.717, 1.165) is 37.6 Å². The first-order valence-electron chi connectivity index (χ1n) is 9.41. The van der Waals surface area contributed by atoms with Gasteiger partial charge < -0.3 is 9.84 Å². The number of aliphatic hydroxyl groups excluding tert-OH is 1. The molecule has 27 heavy (non-hydrogen) atoms. The van der Waals surface area contributed by atoms with Crippen molar-refractivity contribution >= 4 is 0 Å². The van der Waals surface area contributed by atoms with Crippen LogP contribution < -0.4 is 4.74 Å². The Balaban J connectivity index is 1.65. The van der Waals surface area contributed by atoms with E-state index in [1.807, 2.05) is 25.1 Å². The van der Waals surface area contributed by atoms with E-state index in [2.05, 4.69) is 14.8 Å². The van der Waals surface area contributed by atoms with Gasteiger partial charge in [0.05, 0.1) is 12.8 Å². The zero-order valence-corrected chi connectivity index (χ0v) is 16.1. The van der Waals surface area contributed by atoms with Crippen LogP contribution >= 0.6 is 0 Å². The molecule has 1 unspecified atom stereocenters. The Hall–Kier alpha value is -2.02. The van der Waals surface area contributed by atoms with Crippen LogP contribution in [0.15, 0.2) is 36.4 Å². The van der Waals surface area contributed by atoms with Gasteiger partial charge in [-0.3, -0.25) is 14.8 Å². The molecular formula is C21H28FN3O2. The van der Waals surface area contributed by atoms with Crippen molar-refractivity contribution in [2.75, 3.05) is 33.4 Å². The highest BCUT2D eigenvalue weighted by Gasteiger charge is 2.27. The van der Waals surface area contributed by atoms with Gasteiger partial charge in [-0.2, -0.15) is 0 Å². The third-order valence-electron chi connectivity index (χ3n) is 5.12. The molecule has 1 saturated heterocycles. The van der Waals surface area contributed by atoms with Gasteiger partial charge in [0, 0.05) is 62.7 Å². The lowest BCUT2D eigenvalue weighted by Crippen LogP contribution is -2.52. The van der Waals surface area contributed by atoms with Crippen molar-refractivity contribution in [2.45, 2.75) is 32.5 Å². The van der Waals surface area contributed by atoms with E-state index < -0.39 is 0 Å². The summed E-state index contributed by atoms with van der Waals surface area (Å²) >= 11 is 0. The van der Waals surface area contributed by atoms with Crippen molar-refractivity contribution in [3.05, 3.63) is 59.2 Å². The van der Waals surface area contributed by atoms with Crippen LogP contribution in [0.25, 0.3) is 0 Å². The van der Waals surface area contributed by atoms with Gasteiger partial charge in [-0.15, -0.1) is 0 Å². The van der Waals surface area contributed by atoms with Crippen LogP contribution in [-0.2, 0) is 13.1 Å². The van der Waals surface area contributed by atoms with E-state index >= 15 is 0 Å². The fourth-order valence-electron chi connectivity index (χ4n) is 3.65. The predicted molar refractivity (Wildman–Crippen MR) is 103 cm³/mol. The summed E-state index contributed by atoms with van der Waals surface area (Å²) in [5.74, 6) is 0.280. The standard InChI is InChI=1S/C21H28FN3O2/c1-16-4-3-5-18(23-16)14-24-9-10-25(19(15-24)8-11-26)13-17-6-7-20(27-2)12-21(17)22/h3-7,12,19,26H,8-11,13-15H2,1-2H3. The molecule has 146 valence electrons. The lowest BCUT2D eigenvalue weighted by Gasteiger charge is -2.41. The van der Waals surface area contributed by atoms with Crippen LogP contribution in [0, 0.1) is 12.7 Å². The second kappa shape index (κ2) is 9.26. The Labute approximate surface area is 160 Å². The molecule has 0 spiro atoms. The monoisotopic (exact) mass is 373 g/mol. The first-order chi connectivity index (χ1) is 13.1. The SMILES string of the molecule is COc1ccc(CN2CCN(Cc3cccc(C)n3)CC2CCO)c(F)c1. The molecule has 0 amide bonds. The molecule has 1 atom stereocenters. The summed E-state index contributed by atoms with van der Waals surface area (Å²) < 4.78 is 19.4. The number of benzene rings is 1. The van der Waals surface area contributed by atoms with E-state index in [1.54, 1.807) is 12.1 Å². The van der Waals surface area contributed by atoms with Crippen LogP contribution in [0.2, 0.25) is 0 Å². The van der Waals surface area contributed by atoms with Gasteiger partial charge >= 0.3 is 0 Å². The summed E-state index contributed by atoms with van der Waals surface area (Å²) in [7, 11) is 1.54. The molecule has 0 radical (unpaired) electrons. The number of aliphatic hydroxyl groups is 1. The Morgan fingerprint density at radius 3 is 2.78 bits per heavy atom. The summed E-state index contributed by atoms with van der Waals surface area (Å²) in [6.07, 6.45) is 0.676. The molecule has 5 nitrogen and oxygen atoms in total. The second-order valence-electron chi connectivity index (χ2n) is 7.10. The largest absolute Gasteiger partial charge is 0.497 e. The molecule has 3 rings (SSSR count). The number of aromatic nitrogens is 1. The van der Waals surface area contributed by atoms with E-state index in [0.29, 0.717) is 24.3 Å². The zero-order chi connectivity index (χ0) is 19.2. The summed E-state index contributed by atoms with van der Waals surface area (Å²) in [5.41, 5.74) is 2.74. The minimum Gasteiger partial charge on any atom is -0.497 e. The van der Waals surface area contributed by atoms with Crippen molar-refractivity contribution in [3.8, 4) is 5.75 Å². The fourth-order valence-corrected chi connectivity index (χ4v) is 3.65. The van der Waals surface area contributed by atoms with Crippen LogP contribution in [0.3, 0.4) is 0 Å². The molecule has 2 heterocycles. The number of hydrogen-bond donors (Lipinski definition) is 1. The number of nitrogens with zero attached hydrogens (tertiary/aromatic N) is 3. The number of ether oxygens (including phenoxy) is 1. The van der Waals surface area contributed by atoms with E-state index in [4.69, 9.17) is 4.74 Å². The molecule has 0 bridgehead atoms. The van der Waals surface area contributed by atoms with Crippen molar-refractivity contribution in [2.24, 2.45) is 0 Å². The molecule has 1 aliphatic rings. The van der Waals surface area contributed by atoms with E-state index in [-0.39, 0.29) is 18.5 Å². The smallest absolute Gasteiger partial charge is 0.131 e. The Kier molecular flexibility index (Phi) is 6.77. The molecule has 1 aromatic carbocycles. The predicted octanol–water partition coefficient (Wildman–Crippen LogP) is 2.61. The van der Waals surface area contributed by atoms with Crippen LogP contribution in [0.4, 0.5) is 4.39 Å². The maximum absolute atomic E-state index is 14.3. The minimum atomic E-state index is -0.247. The normalized spacial score (nSPS) is 18.6. The maximum Gasteiger partial charge on any atom is 0.131 e. The molecule has 1 N–H and O–H groups in total. The third-order valence-corrected chi connectivity index (χ3v) is 5.12. The highest BCUT2D eigenvalue weighted by molar-refractivity contribution is 5.29. The van der Waals surface area contributed by atoms with E-state index in [1.165, 1.54) is 13.2 Å². The number of piperazine rings is 1. The highest BCUT2D eigenvalue weighted by Crippen LogP contribution is 2.22. The average Bonchev–Trinajstić information content (AvgIpc) is 2.65. The topological polar surface area (TPSA) is 48.8 Å². The number of halogens is 1. The quantitative estimate of drug-likeness (QED) is 0.809. The van der Waals surface area contributed by atoms with Gasteiger partial charge in [0.25, 0.3) is 0 Å². The fraction of sp³-hybridized carbons (Fsp3) is 0.476. The van der Waals surface area contributed by atoms with Crippen molar-refractivity contribution in [1.29, 1.82) is 0 Å². The number of hydrogen-bond acceptors (Lipinski definition) is 5. The molecular weight excluding hydrogens is 345 g/mol. The Morgan fingerprint density at radius 2 is 2.07 bits per heavy atom. The van der Waals surface area contributed by atoms with Crippen molar-refractivity contribution < 1.29 is 14.2 Å². The van der Waals surface area contributed by atoms with Gasteiger partial charge in [0.1, 0.15) is 11.6 Å². The third kappa shape index (κ3) is 5.25. The first-order valence-corrected chi connectivity index (χ1v) is 9.41. The van der Waals surface area contributed by atoms with Gasteiger partial charge in [-0.25, -0.2) is 4.39 Å². The van der Waals surface area contributed by atoms with Crippen LogP contribution in [0.5, 0.6) is 5.75 Å². The Bertz CT molecular complexity index is 756. The van der Waals surface area contributed by atoms with Crippen molar-refractivity contribution in [1.82, 2.24) is 14.8 Å². The van der Waals surface area contributed by atoms with Crippen LogP contribution in [-0.4, -0.2) is 59.3 Å². The summed E-state index contributed by atoms with van der Waals surface area (Å²) in [5, 5.41) is 9.49. The molecule has 0 saturated carbocycles. The van der Waals surface area contributed by atoms with Gasteiger partial charge in [0.15, 0.2) is 0 Å². The molecule has 1 aliphatic heterocycles. The molecule has 1 aromatic heterocycles. The summed E-state index contributed by atoms with van der Waals surface area (Å²) in [6.45, 7) is 6.04. The number of pyridine rings is 1. The Morgan fingerprint density at radius 1 is 1.22 bits per heavy atom.